The van der Waals surface area contributed by atoms with Crippen LogP contribution >= 0.6 is 11.3 Å². The number of hydrogen-bond donors (Lipinski definition) is 0. The van der Waals surface area contributed by atoms with Gasteiger partial charge in [0, 0.05) is 53.8 Å². The summed E-state index contributed by atoms with van der Waals surface area (Å²) in [5.74, 6) is 0. The maximum atomic E-state index is 4.98. The van der Waals surface area contributed by atoms with Gasteiger partial charge in [-0.15, -0.1) is 11.3 Å². The molecule has 0 aliphatic carbocycles. The monoisotopic (exact) mass is 445 g/mol. The summed E-state index contributed by atoms with van der Waals surface area (Å²) in [5, 5.41) is 3.17. The number of benzene rings is 2. The number of imidazole rings is 1. The van der Waals surface area contributed by atoms with Crippen LogP contribution in [0.2, 0.25) is 0 Å². The third-order valence-corrected chi connectivity index (χ3v) is 6.68. The van der Waals surface area contributed by atoms with Gasteiger partial charge in [0.05, 0.1) is 17.7 Å². The van der Waals surface area contributed by atoms with Crippen LogP contribution in [0, 0.1) is 13.8 Å². The molecule has 2 aromatic heterocycles. The molecular weight excluding hydrogens is 414 g/mol. The molecule has 0 unspecified atom stereocenters. The first kappa shape index (κ1) is 22.1. The number of thiazole rings is 1. The Morgan fingerprint density at radius 2 is 1.69 bits per heavy atom. The zero-order valence-electron chi connectivity index (χ0n) is 19.5. The van der Waals surface area contributed by atoms with E-state index in [0.29, 0.717) is 0 Å². The van der Waals surface area contributed by atoms with Crippen molar-refractivity contribution in [2.45, 2.75) is 34.6 Å². The predicted octanol–water partition coefficient (Wildman–Crippen LogP) is 6.62. The second-order valence-corrected chi connectivity index (χ2v) is 8.71. The van der Waals surface area contributed by atoms with E-state index in [9.17, 15) is 0 Å². The Kier molecular flexibility index (Phi) is 6.61. The lowest BCUT2D eigenvalue weighted by Crippen LogP contribution is -2.22. The molecule has 0 radical (unpaired) electrons. The summed E-state index contributed by atoms with van der Waals surface area (Å²) in [7, 11) is 0. The van der Waals surface area contributed by atoms with Gasteiger partial charge in [-0.1, -0.05) is 12.1 Å². The van der Waals surface area contributed by atoms with Crippen LogP contribution in [0.15, 0.2) is 60.4 Å². The van der Waals surface area contributed by atoms with Crippen LogP contribution < -0.4 is 9.80 Å². The van der Waals surface area contributed by atoms with E-state index in [-0.39, 0.29) is 0 Å². The van der Waals surface area contributed by atoms with Gasteiger partial charge < -0.3 is 14.4 Å². The van der Waals surface area contributed by atoms with E-state index in [1.807, 2.05) is 24.0 Å². The summed E-state index contributed by atoms with van der Waals surface area (Å²) in [6, 6.07) is 15.2. The number of aryl methyl sites for hydroxylation is 2. The van der Waals surface area contributed by atoms with Crippen molar-refractivity contribution in [3.05, 3.63) is 71.6 Å². The molecule has 5 nitrogen and oxygen atoms in total. The predicted molar refractivity (Wildman–Crippen MR) is 137 cm³/mol. The molecule has 0 amide bonds. The van der Waals surface area contributed by atoms with E-state index >= 15 is 0 Å². The Bertz CT molecular complexity index is 1170. The van der Waals surface area contributed by atoms with Gasteiger partial charge >= 0.3 is 0 Å². The van der Waals surface area contributed by atoms with E-state index in [0.717, 1.165) is 47.4 Å². The maximum Gasteiger partial charge on any atom is 0.190 e. The number of nitrogens with zero attached hydrogens (tertiary/aromatic N) is 5. The van der Waals surface area contributed by atoms with E-state index in [1.165, 1.54) is 16.9 Å². The standard InChI is InChI=1S/C26H31N5S/c1-6-29(7-2)23-13-14-25(19(4)15-23)31(8-3)26-28-24(17-32-26)21-9-11-22(12-10-21)30-16-20(5)27-18-30/h9-18H,6-8H2,1-5H3. The molecule has 0 bridgehead atoms. The average Bonchev–Trinajstić information content (AvgIpc) is 3.46. The van der Waals surface area contributed by atoms with E-state index in [4.69, 9.17) is 4.98 Å². The average molecular weight is 446 g/mol. The van der Waals surface area contributed by atoms with Crippen LogP contribution in [0.25, 0.3) is 16.9 Å². The second kappa shape index (κ2) is 9.57. The van der Waals surface area contributed by atoms with Crippen molar-refractivity contribution in [2.24, 2.45) is 0 Å². The highest BCUT2D eigenvalue weighted by molar-refractivity contribution is 7.14. The molecule has 4 aromatic rings. The van der Waals surface area contributed by atoms with Crippen LogP contribution in [0.4, 0.5) is 16.5 Å². The van der Waals surface area contributed by atoms with Gasteiger partial charge in [0.25, 0.3) is 0 Å². The molecule has 0 atom stereocenters. The van der Waals surface area contributed by atoms with Crippen molar-refractivity contribution < 1.29 is 0 Å². The molecule has 4 rings (SSSR count). The molecule has 166 valence electrons. The summed E-state index contributed by atoms with van der Waals surface area (Å²) < 4.78 is 2.04. The fourth-order valence-corrected chi connectivity index (χ4v) is 4.94. The van der Waals surface area contributed by atoms with Gasteiger partial charge in [-0.3, -0.25) is 0 Å². The number of aromatic nitrogens is 3. The Balaban J connectivity index is 1.58. The quantitative estimate of drug-likeness (QED) is 0.305. The van der Waals surface area contributed by atoms with Crippen molar-refractivity contribution >= 4 is 27.8 Å². The summed E-state index contributed by atoms with van der Waals surface area (Å²) >= 11 is 1.69. The molecule has 0 N–H and O–H groups in total. The summed E-state index contributed by atoms with van der Waals surface area (Å²) in [4.78, 5) is 14.0. The summed E-state index contributed by atoms with van der Waals surface area (Å²) in [5.41, 5.74) is 8.01. The van der Waals surface area contributed by atoms with E-state index in [1.54, 1.807) is 11.3 Å². The smallest absolute Gasteiger partial charge is 0.190 e. The van der Waals surface area contributed by atoms with Gasteiger partial charge in [-0.05, 0) is 70.5 Å². The van der Waals surface area contributed by atoms with E-state index < -0.39 is 0 Å². The first-order valence-corrected chi connectivity index (χ1v) is 12.1. The fourth-order valence-electron chi connectivity index (χ4n) is 4.02. The van der Waals surface area contributed by atoms with Crippen LogP contribution in [0.5, 0.6) is 0 Å². The van der Waals surface area contributed by atoms with Gasteiger partial charge in [-0.25, -0.2) is 9.97 Å². The molecule has 0 aliphatic rings. The molecule has 2 heterocycles. The fraction of sp³-hybridized carbons (Fsp3) is 0.308. The molecule has 0 fully saturated rings. The molecular formula is C26H31N5S. The highest BCUT2D eigenvalue weighted by Gasteiger charge is 2.16. The van der Waals surface area contributed by atoms with Crippen molar-refractivity contribution in [3.8, 4) is 16.9 Å². The first-order valence-electron chi connectivity index (χ1n) is 11.2. The summed E-state index contributed by atoms with van der Waals surface area (Å²) in [6.45, 7) is 13.7. The van der Waals surface area contributed by atoms with Crippen LogP contribution in [0.3, 0.4) is 0 Å². The van der Waals surface area contributed by atoms with Gasteiger partial charge in [-0.2, -0.15) is 0 Å². The molecule has 2 aromatic carbocycles. The van der Waals surface area contributed by atoms with Crippen molar-refractivity contribution in [2.75, 3.05) is 29.4 Å². The highest BCUT2D eigenvalue weighted by atomic mass is 32.1. The van der Waals surface area contributed by atoms with Crippen molar-refractivity contribution in [3.63, 3.8) is 0 Å². The summed E-state index contributed by atoms with van der Waals surface area (Å²) in [6.07, 6.45) is 3.88. The van der Waals surface area contributed by atoms with Crippen molar-refractivity contribution in [1.82, 2.24) is 14.5 Å². The molecule has 0 aliphatic heterocycles. The van der Waals surface area contributed by atoms with Gasteiger partial charge in [0.2, 0.25) is 0 Å². The normalized spacial score (nSPS) is 11.0. The first-order chi connectivity index (χ1) is 15.5. The van der Waals surface area contributed by atoms with Crippen molar-refractivity contribution in [1.29, 1.82) is 0 Å². The molecule has 0 saturated carbocycles. The highest BCUT2D eigenvalue weighted by Crippen LogP contribution is 2.35. The number of hydrogen-bond acceptors (Lipinski definition) is 5. The minimum atomic E-state index is 0.872. The lowest BCUT2D eigenvalue weighted by molar-refractivity contribution is 0.865. The lowest BCUT2D eigenvalue weighted by atomic mass is 10.1. The molecule has 0 spiro atoms. The van der Waals surface area contributed by atoms with E-state index in [2.05, 4.69) is 90.3 Å². The third-order valence-electron chi connectivity index (χ3n) is 5.81. The molecule has 0 saturated heterocycles. The maximum absolute atomic E-state index is 4.98. The van der Waals surface area contributed by atoms with Crippen LogP contribution in [-0.2, 0) is 0 Å². The minimum Gasteiger partial charge on any atom is -0.372 e. The largest absolute Gasteiger partial charge is 0.372 e. The Morgan fingerprint density at radius 1 is 0.938 bits per heavy atom. The SMILES string of the molecule is CCN(CC)c1ccc(N(CC)c2nc(-c3ccc(-n4cnc(C)c4)cc3)cs2)c(C)c1. The topological polar surface area (TPSA) is 37.2 Å². The number of rotatable bonds is 8. The zero-order chi connectivity index (χ0) is 22.7. The number of anilines is 3. The Labute approximate surface area is 195 Å². The lowest BCUT2D eigenvalue weighted by Gasteiger charge is -2.26. The van der Waals surface area contributed by atoms with Crippen LogP contribution in [-0.4, -0.2) is 34.2 Å². The minimum absolute atomic E-state index is 0.872. The Morgan fingerprint density at radius 3 is 2.28 bits per heavy atom. The second-order valence-electron chi connectivity index (χ2n) is 7.87. The third kappa shape index (κ3) is 4.41. The zero-order valence-corrected chi connectivity index (χ0v) is 20.4. The molecule has 32 heavy (non-hydrogen) atoms. The van der Waals surface area contributed by atoms with Gasteiger partial charge in [0.1, 0.15) is 0 Å². The molecule has 6 heteroatoms. The van der Waals surface area contributed by atoms with Crippen LogP contribution in [0.1, 0.15) is 32.0 Å². The van der Waals surface area contributed by atoms with Gasteiger partial charge in [0.15, 0.2) is 5.13 Å². The Hall–Kier alpha value is -3.12.